The van der Waals surface area contributed by atoms with Crippen LogP contribution in [-0.2, 0) is 0 Å². The van der Waals surface area contributed by atoms with Gasteiger partial charge in [0.25, 0.3) is 0 Å². The summed E-state index contributed by atoms with van der Waals surface area (Å²) in [5.41, 5.74) is 8.06. The molecule has 190 valence electrons. The Morgan fingerprint density at radius 1 is 0.647 bits per heavy atom. The van der Waals surface area contributed by atoms with Crippen molar-refractivity contribution in [2.45, 2.75) is 53.8 Å². The number of hydrogen-bond donors (Lipinski definition) is 4. The largest absolute Gasteiger partial charge is 0.393 e. The highest BCUT2D eigenvalue weighted by molar-refractivity contribution is 5.45. The number of rotatable bonds is 5. The first kappa shape index (κ1) is 35.8. The first-order valence-electron chi connectivity index (χ1n) is 12.1. The molecule has 0 aliphatic heterocycles. The molecule has 0 aliphatic rings. The SMILES string of the molecule is C=Cc1ccccc1.CC.CC.CC.NC[C@@H](O)c1ccccc1.OC[C@@H](O)c1ccccc1. The molecule has 4 nitrogen and oxygen atoms in total. The number of aliphatic hydroxyl groups is 3. The molecular weight excluding hydrogens is 422 g/mol. The maximum Gasteiger partial charge on any atom is 0.102 e. The third-order valence-electron chi connectivity index (χ3n) is 3.80. The van der Waals surface area contributed by atoms with Crippen molar-refractivity contribution >= 4 is 6.08 Å². The van der Waals surface area contributed by atoms with Crippen molar-refractivity contribution in [3.8, 4) is 0 Å². The molecule has 0 aromatic heterocycles. The van der Waals surface area contributed by atoms with E-state index in [1.54, 1.807) is 12.1 Å². The standard InChI is InChI=1S/C8H11NO.C8H10O2.C8H8.3C2H6/c2*9-6-8(10)7-4-2-1-3-5-7;1-2-8-6-4-3-5-7-8;3*1-2/h1-5,8,10H,6,9H2;1-5,8-10H,6H2;2-7H,1H2;3*1-2H3/t2*8-;;;;/m11..../s1. The van der Waals surface area contributed by atoms with Crippen molar-refractivity contribution in [3.63, 3.8) is 0 Å². The van der Waals surface area contributed by atoms with E-state index < -0.39 is 12.2 Å². The van der Waals surface area contributed by atoms with Crippen LogP contribution in [0.4, 0.5) is 0 Å². The fourth-order valence-corrected chi connectivity index (χ4v) is 2.18. The molecule has 0 fully saturated rings. The van der Waals surface area contributed by atoms with Gasteiger partial charge in [-0.3, -0.25) is 0 Å². The van der Waals surface area contributed by atoms with E-state index >= 15 is 0 Å². The zero-order chi connectivity index (χ0) is 26.6. The average Bonchev–Trinajstić information content (AvgIpc) is 2.97. The molecular formula is C30H47NO3. The molecule has 34 heavy (non-hydrogen) atoms. The minimum Gasteiger partial charge on any atom is -0.393 e. The fraction of sp³-hybridized carbons (Fsp3) is 0.333. The summed E-state index contributed by atoms with van der Waals surface area (Å²) >= 11 is 0. The third kappa shape index (κ3) is 18.8. The van der Waals surface area contributed by atoms with Gasteiger partial charge >= 0.3 is 0 Å². The molecule has 0 heterocycles. The minimum atomic E-state index is -0.735. The van der Waals surface area contributed by atoms with Crippen LogP contribution >= 0.6 is 0 Å². The van der Waals surface area contributed by atoms with E-state index in [2.05, 4.69) is 6.58 Å². The van der Waals surface area contributed by atoms with Gasteiger partial charge in [-0.05, 0) is 16.7 Å². The van der Waals surface area contributed by atoms with Crippen molar-refractivity contribution in [1.29, 1.82) is 0 Å². The molecule has 0 spiro atoms. The maximum absolute atomic E-state index is 9.20. The lowest BCUT2D eigenvalue weighted by atomic mass is 10.1. The number of benzene rings is 3. The average molecular weight is 470 g/mol. The van der Waals surface area contributed by atoms with Crippen LogP contribution in [0, 0.1) is 0 Å². The van der Waals surface area contributed by atoms with Crippen LogP contribution in [-0.4, -0.2) is 28.5 Å². The third-order valence-corrected chi connectivity index (χ3v) is 3.80. The Kier molecular flexibility index (Phi) is 29.8. The van der Waals surface area contributed by atoms with Crippen LogP contribution < -0.4 is 5.73 Å². The van der Waals surface area contributed by atoms with Crippen molar-refractivity contribution in [3.05, 3.63) is 114 Å². The molecule has 0 unspecified atom stereocenters. The Hall–Kier alpha value is -2.76. The molecule has 3 aromatic carbocycles. The first-order valence-corrected chi connectivity index (χ1v) is 12.1. The van der Waals surface area contributed by atoms with E-state index in [0.29, 0.717) is 0 Å². The summed E-state index contributed by atoms with van der Waals surface area (Å²) in [6.45, 7) is 15.7. The molecule has 3 rings (SSSR count). The monoisotopic (exact) mass is 469 g/mol. The lowest BCUT2D eigenvalue weighted by Crippen LogP contribution is -2.10. The second-order valence-electron chi connectivity index (χ2n) is 5.89. The second-order valence-corrected chi connectivity index (χ2v) is 5.89. The predicted molar refractivity (Wildman–Crippen MR) is 150 cm³/mol. The van der Waals surface area contributed by atoms with Gasteiger partial charge in [-0.2, -0.15) is 0 Å². The lowest BCUT2D eigenvalue weighted by Gasteiger charge is -2.05. The number of hydrogen-bond acceptors (Lipinski definition) is 4. The van der Waals surface area contributed by atoms with E-state index in [9.17, 15) is 5.11 Å². The van der Waals surface area contributed by atoms with Crippen molar-refractivity contribution in [2.24, 2.45) is 5.73 Å². The molecule has 3 aromatic rings. The Morgan fingerprint density at radius 3 is 1.24 bits per heavy atom. The van der Waals surface area contributed by atoms with E-state index in [0.717, 1.165) is 11.1 Å². The Bertz CT molecular complexity index is 704. The van der Waals surface area contributed by atoms with Crippen LogP contribution in [0.1, 0.15) is 70.4 Å². The summed E-state index contributed by atoms with van der Waals surface area (Å²) in [6, 6.07) is 28.5. The number of aliphatic hydroxyl groups excluding tert-OH is 3. The molecule has 4 heteroatoms. The first-order chi connectivity index (χ1) is 16.6. The van der Waals surface area contributed by atoms with Crippen LogP contribution in [0.15, 0.2) is 97.6 Å². The van der Waals surface area contributed by atoms with Crippen molar-refractivity contribution in [1.82, 2.24) is 0 Å². The van der Waals surface area contributed by atoms with Crippen LogP contribution in [0.25, 0.3) is 6.08 Å². The zero-order valence-corrected chi connectivity index (χ0v) is 21.9. The molecule has 0 aliphatic carbocycles. The van der Waals surface area contributed by atoms with E-state index in [1.807, 2.05) is 126 Å². The van der Waals surface area contributed by atoms with Gasteiger partial charge < -0.3 is 21.1 Å². The highest BCUT2D eigenvalue weighted by atomic mass is 16.3. The maximum atomic E-state index is 9.20. The van der Waals surface area contributed by atoms with Gasteiger partial charge in [0.05, 0.1) is 12.7 Å². The Labute approximate surface area is 208 Å². The summed E-state index contributed by atoms with van der Waals surface area (Å²) in [7, 11) is 0. The van der Waals surface area contributed by atoms with Crippen LogP contribution in [0.2, 0.25) is 0 Å². The van der Waals surface area contributed by atoms with Crippen molar-refractivity contribution in [2.75, 3.05) is 13.2 Å². The summed E-state index contributed by atoms with van der Waals surface area (Å²) in [4.78, 5) is 0. The molecule has 0 amide bonds. The smallest absolute Gasteiger partial charge is 0.102 e. The second kappa shape index (κ2) is 28.3. The van der Waals surface area contributed by atoms with Crippen LogP contribution in [0.5, 0.6) is 0 Å². The highest BCUT2D eigenvalue weighted by Gasteiger charge is 2.02. The highest BCUT2D eigenvalue weighted by Crippen LogP contribution is 2.10. The zero-order valence-electron chi connectivity index (χ0n) is 21.9. The summed E-state index contributed by atoms with van der Waals surface area (Å²) in [5, 5.41) is 26.8. The van der Waals surface area contributed by atoms with Gasteiger partial charge in [0, 0.05) is 6.54 Å². The molecule has 0 saturated heterocycles. The molecule has 5 N–H and O–H groups in total. The Balaban J connectivity index is -0.000000383. The topological polar surface area (TPSA) is 86.7 Å². The predicted octanol–water partition coefficient (Wildman–Crippen LogP) is 6.80. The van der Waals surface area contributed by atoms with Gasteiger partial charge in [0.15, 0.2) is 0 Å². The van der Waals surface area contributed by atoms with Crippen molar-refractivity contribution < 1.29 is 15.3 Å². The summed E-state index contributed by atoms with van der Waals surface area (Å²) in [6.07, 6.45) is 0.586. The molecule has 0 radical (unpaired) electrons. The fourth-order valence-electron chi connectivity index (χ4n) is 2.18. The number of nitrogens with two attached hydrogens (primary N) is 1. The minimum absolute atomic E-state index is 0.218. The van der Waals surface area contributed by atoms with E-state index in [-0.39, 0.29) is 13.2 Å². The quantitative estimate of drug-likeness (QED) is 0.331. The van der Waals surface area contributed by atoms with Gasteiger partial charge in [-0.1, -0.05) is 145 Å². The van der Waals surface area contributed by atoms with Crippen LogP contribution in [0.3, 0.4) is 0 Å². The molecule has 0 saturated carbocycles. The summed E-state index contributed by atoms with van der Waals surface area (Å²) < 4.78 is 0. The van der Waals surface area contributed by atoms with Gasteiger partial charge in [0.1, 0.15) is 6.10 Å². The molecule has 0 bridgehead atoms. The van der Waals surface area contributed by atoms with Gasteiger partial charge in [0.2, 0.25) is 0 Å². The summed E-state index contributed by atoms with van der Waals surface area (Å²) in [5.74, 6) is 0. The van der Waals surface area contributed by atoms with E-state index in [1.165, 1.54) is 5.56 Å². The normalized spacial score (nSPS) is 10.2. The Morgan fingerprint density at radius 2 is 0.971 bits per heavy atom. The molecule has 2 atom stereocenters. The van der Waals surface area contributed by atoms with E-state index in [4.69, 9.17) is 15.9 Å². The van der Waals surface area contributed by atoms with Gasteiger partial charge in [-0.25, -0.2) is 0 Å². The van der Waals surface area contributed by atoms with Gasteiger partial charge in [-0.15, -0.1) is 0 Å². The lowest BCUT2D eigenvalue weighted by molar-refractivity contribution is 0.0956.